The number of aliphatic hydroxyl groups is 10. The van der Waals surface area contributed by atoms with Gasteiger partial charge in [0.1, 0.15) is 54.6 Å². The Morgan fingerprint density at radius 1 is 0.530 bits per heavy atom. The third-order valence-electron chi connectivity index (χ3n) is 20.0. The molecule has 0 aromatic heterocycles. The lowest BCUT2D eigenvalue weighted by Crippen LogP contribution is -2.60. The van der Waals surface area contributed by atoms with Gasteiger partial charge in [0.2, 0.25) is 22.2 Å². The Balaban J connectivity index is -0.00000133. The zero-order chi connectivity index (χ0) is 89.2. The number of nitrogens with one attached hydrogen (secondary N) is 1. The van der Waals surface area contributed by atoms with Gasteiger partial charge in [-0.15, -0.1) is 0 Å². The van der Waals surface area contributed by atoms with E-state index in [1.54, 1.807) is 19.2 Å². The molecule has 2 heterocycles. The van der Waals surface area contributed by atoms with E-state index in [0.29, 0.717) is 80.1 Å². The predicted octanol–water partition coefficient (Wildman–Crippen LogP) is 7.46. The largest absolute Gasteiger partial charge is 0.462 e. The number of carbonyl (C=O) groups is 3. The van der Waals surface area contributed by atoms with E-state index < -0.39 is 98.3 Å². The summed E-state index contributed by atoms with van der Waals surface area (Å²) in [4.78, 5) is 45.9. The molecule has 0 radical (unpaired) electrons. The Morgan fingerprint density at radius 3 is 1.37 bits per heavy atom. The molecule has 0 spiro atoms. The highest BCUT2D eigenvalue weighted by atomic mass is 32.2. The fourth-order valence-corrected chi connectivity index (χ4v) is 13.4. The van der Waals surface area contributed by atoms with Crippen molar-refractivity contribution >= 4 is 43.2 Å². The summed E-state index contributed by atoms with van der Waals surface area (Å²) in [6.45, 7) is 46.8. The molecule has 12 N–H and O–H groups in total. The standard InChI is InChI=1S/C20H31NO6.C16H31NO6.C14H30N2O3.C14H31NO3S.C11H25NO.C10H23NO2S/c1-12(2)9-10-21(4)11-14-5-7-15(8-6-14)26-20-18(25)16(23)17(24)19(27-20)13(3)22;1-10(2)6-8-17(4)7-5-9-22-16-14(21)12(19)13(20)15(23-16)11(3)18;1-5-14(10-17,11-18)15-13(19)7-9-16(4)8-6-12(2)3;1-5-14(12-16)8-6-7-11-19(17,18)15(4)10-9-13(2)3;1-5-11(13)7-9-12(4)8-6-10(2)3;1-10(2,3)9-11(4)7-6-8-14(5,12)13/h5-8,12,16-20,23-25H,9-11H2,1-4H3;10,12-16,19-21H,5-9H2,1-4H3;12,17-18H,5-11H2,1-4H3,(H,15,19);13-14,16H,5-12H2,1-4H3;10-11,13H,5-9H2,1-4H3;5-9H2,1-4H3,(H,12,13). The van der Waals surface area contributed by atoms with E-state index in [1.807, 2.05) is 47.1 Å². The molecule has 1 aromatic rings. The number of hydrogen-bond donors (Lipinski definition) is 12. The Morgan fingerprint density at radius 2 is 0.957 bits per heavy atom. The molecule has 0 saturated carbocycles. The number of aliphatic hydroxyl groups excluding tert-OH is 10. The first-order chi connectivity index (χ1) is 53.3. The second kappa shape index (κ2) is 63.0. The van der Waals surface area contributed by atoms with Crippen LogP contribution in [0.3, 0.4) is 0 Å². The van der Waals surface area contributed by atoms with E-state index in [2.05, 4.69) is 147 Å². The minimum Gasteiger partial charge on any atom is -0.462 e. The van der Waals surface area contributed by atoms with E-state index in [9.17, 15) is 73.0 Å². The number of ketones is 2. The van der Waals surface area contributed by atoms with Gasteiger partial charge in [-0.25, -0.2) is 16.9 Å². The Kier molecular flexibility index (Phi) is 63.6. The van der Waals surface area contributed by atoms with E-state index in [1.165, 1.54) is 24.6 Å². The predicted molar refractivity (Wildman–Crippen MR) is 465 cm³/mol. The van der Waals surface area contributed by atoms with E-state index in [-0.39, 0.29) is 43.0 Å². The molecule has 1 amide bonds. The second-order valence-electron chi connectivity index (χ2n) is 35.4. The minimum atomic E-state index is -3.10. The van der Waals surface area contributed by atoms with Gasteiger partial charge in [0, 0.05) is 65.1 Å². The SMILES string of the molecule is C=S(=O)(O)CCCN(C)CC(C)(C)C.CC(=O)C1OC(OCCCN(C)CCC(C)C)C(O)C(O)C1O.CC(=O)C1OC(Oc2ccc(CN(C)CCC(C)C)cc2)C(O)C(O)C1O.CCC(CO)(CO)NC(=O)CCN(C)CCC(C)C.CCC(CO)CCCCS(=O)(=O)N(C)CCC(C)C.CCC(O)CCN(C)CCC(C)C. The number of sulfonamides is 1. The number of unbranched alkanes of at least 4 members (excludes halogenated alkanes) is 1. The summed E-state index contributed by atoms with van der Waals surface area (Å²) < 4.78 is 67.0. The van der Waals surface area contributed by atoms with Gasteiger partial charge < -0.3 is 104 Å². The molecular weight excluding hydrogens is 1520 g/mol. The number of rotatable bonds is 50. The number of hydrogen-bond acceptors (Lipinski definition) is 25. The highest BCUT2D eigenvalue weighted by Crippen LogP contribution is 2.27. The van der Waals surface area contributed by atoms with Gasteiger partial charge in [-0.05, 0) is 223 Å². The van der Waals surface area contributed by atoms with Crippen molar-refractivity contribution in [2.75, 3.05) is 146 Å². The van der Waals surface area contributed by atoms with Gasteiger partial charge in [-0.2, -0.15) is 0 Å². The average molecular weight is 1690 g/mol. The number of amides is 1. The lowest BCUT2D eigenvalue weighted by atomic mass is 9.96. The van der Waals surface area contributed by atoms with Crippen LogP contribution in [0.4, 0.5) is 0 Å². The van der Waals surface area contributed by atoms with Gasteiger partial charge in [0.15, 0.2) is 17.9 Å². The maximum Gasteiger partial charge on any atom is 0.229 e. The van der Waals surface area contributed by atoms with Gasteiger partial charge in [0.25, 0.3) is 0 Å². The van der Waals surface area contributed by atoms with Gasteiger partial charge in [-0.3, -0.25) is 14.4 Å². The zero-order valence-corrected chi connectivity index (χ0v) is 77.6. The van der Waals surface area contributed by atoms with Crippen molar-refractivity contribution < 1.29 is 102 Å². The van der Waals surface area contributed by atoms with E-state index in [4.69, 9.17) is 28.6 Å². The van der Waals surface area contributed by atoms with Crippen LogP contribution in [0, 0.1) is 40.9 Å². The van der Waals surface area contributed by atoms with Crippen molar-refractivity contribution in [2.45, 2.75) is 301 Å². The van der Waals surface area contributed by atoms with Crippen molar-refractivity contribution in [3.05, 3.63) is 29.8 Å². The van der Waals surface area contributed by atoms with Crippen molar-refractivity contribution in [2.24, 2.45) is 40.9 Å². The number of ether oxygens (including phenoxy) is 4. The van der Waals surface area contributed by atoms with Crippen LogP contribution >= 0.6 is 0 Å². The summed E-state index contributed by atoms with van der Waals surface area (Å²) in [5.74, 6) is 6.80. The molecular formula is C85H171N7O21S2. The number of nitrogens with zero attached hydrogens (tertiary/aromatic N) is 6. The molecule has 2 aliphatic heterocycles. The highest BCUT2D eigenvalue weighted by molar-refractivity contribution is 7.95. The van der Waals surface area contributed by atoms with Gasteiger partial charge in [-0.1, -0.05) is 136 Å². The first-order valence-electron chi connectivity index (χ1n) is 42.3. The van der Waals surface area contributed by atoms with Crippen LogP contribution < -0.4 is 10.1 Å². The summed E-state index contributed by atoms with van der Waals surface area (Å²) in [5, 5.41) is 98.9. The first-order valence-corrected chi connectivity index (χ1v) is 45.8. The molecule has 30 heteroatoms. The molecule has 2 fully saturated rings. The Labute approximate surface area is 698 Å². The lowest BCUT2D eigenvalue weighted by molar-refractivity contribution is -0.290. The topological polar surface area (TPSA) is 393 Å². The van der Waals surface area contributed by atoms with Crippen LogP contribution in [-0.2, 0) is 55.0 Å². The fourth-order valence-electron chi connectivity index (χ4n) is 11.6. The average Bonchev–Trinajstić information content (AvgIpc) is 0.807. The normalized spacial score (nSPS) is 21.1. The van der Waals surface area contributed by atoms with Crippen LogP contribution in [0.25, 0.3) is 0 Å². The van der Waals surface area contributed by atoms with E-state index >= 15 is 0 Å². The molecule has 1 aromatic carbocycles. The highest BCUT2D eigenvalue weighted by Gasteiger charge is 2.48. The zero-order valence-electron chi connectivity index (χ0n) is 76.0. The Hall–Kier alpha value is -3.00. The van der Waals surface area contributed by atoms with Crippen LogP contribution in [-0.4, -0.2) is 339 Å². The maximum absolute atomic E-state index is 12.0. The van der Waals surface area contributed by atoms with Crippen molar-refractivity contribution in [3.8, 4) is 5.75 Å². The minimum absolute atomic E-state index is 0.110. The quantitative estimate of drug-likeness (QED) is 0.0222. The monoisotopic (exact) mass is 1690 g/mol. The number of Topliss-reactive ketones (excluding diaryl/α,β-unsaturated/α-hetero) is 2. The van der Waals surface area contributed by atoms with Crippen LogP contribution in [0.2, 0.25) is 0 Å². The molecule has 13 unspecified atom stereocenters. The molecule has 2 saturated heterocycles. The number of benzene rings is 1. The summed E-state index contributed by atoms with van der Waals surface area (Å²) >= 11 is 0. The third-order valence-corrected chi connectivity index (χ3v) is 22.8. The van der Waals surface area contributed by atoms with Gasteiger partial charge >= 0.3 is 0 Å². The summed E-state index contributed by atoms with van der Waals surface area (Å²) in [5.41, 5.74) is 0.517. The summed E-state index contributed by atoms with van der Waals surface area (Å²) in [6.07, 6.45) is -0.504. The molecule has 13 atom stereocenters. The Bertz CT molecular complexity index is 2830. The van der Waals surface area contributed by atoms with Crippen molar-refractivity contribution in [1.29, 1.82) is 0 Å². The van der Waals surface area contributed by atoms with Crippen LogP contribution in [0.1, 0.15) is 227 Å². The molecule has 115 heavy (non-hydrogen) atoms. The maximum atomic E-state index is 12.0. The molecule has 684 valence electrons. The van der Waals surface area contributed by atoms with E-state index in [0.717, 1.165) is 141 Å². The molecule has 2 aliphatic rings. The van der Waals surface area contributed by atoms with Crippen LogP contribution in [0.15, 0.2) is 24.3 Å². The number of carbonyl (C=O) groups excluding carboxylic acids is 3. The second-order valence-corrected chi connectivity index (χ2v) is 39.5. The summed E-state index contributed by atoms with van der Waals surface area (Å²) in [7, 11) is 6.06. The van der Waals surface area contributed by atoms with Crippen molar-refractivity contribution in [3.63, 3.8) is 0 Å². The molecule has 28 nitrogen and oxygen atoms in total. The first kappa shape index (κ1) is 116. The summed E-state index contributed by atoms with van der Waals surface area (Å²) in [6, 6.07) is 7.35. The van der Waals surface area contributed by atoms with Crippen molar-refractivity contribution in [1.82, 2.24) is 34.1 Å². The molecule has 3 rings (SSSR count). The fraction of sp³-hybridized carbons (Fsp3) is 0.882. The third kappa shape index (κ3) is 57.8. The van der Waals surface area contributed by atoms with Gasteiger partial charge in [0.05, 0.1) is 47.0 Å². The smallest absolute Gasteiger partial charge is 0.229 e. The molecule has 0 aliphatic carbocycles. The molecule has 0 bridgehead atoms. The van der Waals surface area contributed by atoms with Crippen LogP contribution in [0.5, 0.6) is 5.75 Å². The lowest BCUT2D eigenvalue weighted by Gasteiger charge is -2.39.